The Morgan fingerprint density at radius 1 is 1.29 bits per heavy atom. The molecule has 1 aromatic heterocycles. The van der Waals surface area contributed by atoms with Gasteiger partial charge < -0.3 is 4.74 Å². The number of hydrogen-bond acceptors (Lipinski definition) is 5. The van der Waals surface area contributed by atoms with Gasteiger partial charge in [0.25, 0.3) is 5.69 Å². The number of aryl methyl sites for hydroxylation is 1. The summed E-state index contributed by atoms with van der Waals surface area (Å²) >= 11 is 0. The minimum absolute atomic E-state index is 0.0989. The molecular formula is C14H13N3O4. The van der Waals surface area contributed by atoms with Crippen molar-refractivity contribution in [3.05, 3.63) is 63.8 Å². The predicted octanol–water partition coefficient (Wildman–Crippen LogP) is 3.05. The van der Waals surface area contributed by atoms with Crippen molar-refractivity contribution in [2.45, 2.75) is 13.5 Å². The van der Waals surface area contributed by atoms with E-state index in [1.54, 1.807) is 0 Å². The number of ether oxygens (including phenoxy) is 1. The van der Waals surface area contributed by atoms with Crippen LogP contribution in [0, 0.1) is 17.0 Å². The van der Waals surface area contributed by atoms with E-state index in [1.807, 2.05) is 30.3 Å². The van der Waals surface area contributed by atoms with E-state index in [2.05, 4.69) is 10.3 Å². The van der Waals surface area contributed by atoms with E-state index >= 15 is 0 Å². The van der Waals surface area contributed by atoms with Gasteiger partial charge in [-0.25, -0.2) is 9.78 Å². The fraction of sp³-hybridized carbons (Fsp3) is 0.143. The molecule has 0 unspecified atom stereocenters. The van der Waals surface area contributed by atoms with Gasteiger partial charge in [0, 0.05) is 6.07 Å². The van der Waals surface area contributed by atoms with Crippen LogP contribution in [0.25, 0.3) is 0 Å². The summed E-state index contributed by atoms with van der Waals surface area (Å²) in [5.41, 5.74) is 0.986. The molecule has 7 heteroatoms. The molecule has 0 spiro atoms. The van der Waals surface area contributed by atoms with Crippen LogP contribution in [0.1, 0.15) is 11.3 Å². The Bertz CT molecular complexity index is 659. The van der Waals surface area contributed by atoms with Gasteiger partial charge in [0.15, 0.2) is 0 Å². The van der Waals surface area contributed by atoms with E-state index in [4.69, 9.17) is 4.74 Å². The summed E-state index contributed by atoms with van der Waals surface area (Å²) in [6, 6.07) is 11.9. The van der Waals surface area contributed by atoms with Crippen molar-refractivity contribution in [3.8, 4) is 0 Å². The van der Waals surface area contributed by atoms with Crippen molar-refractivity contribution in [1.29, 1.82) is 0 Å². The number of aromatic nitrogens is 1. The molecule has 1 heterocycles. The Morgan fingerprint density at radius 3 is 2.62 bits per heavy atom. The van der Waals surface area contributed by atoms with Gasteiger partial charge in [-0.15, -0.1) is 0 Å². The number of nitrogens with zero attached hydrogens (tertiary/aromatic N) is 2. The number of nitrogens with one attached hydrogen (secondary N) is 1. The van der Waals surface area contributed by atoms with Crippen LogP contribution in [0.3, 0.4) is 0 Å². The molecule has 1 amide bonds. The number of rotatable bonds is 4. The number of amides is 1. The minimum atomic E-state index is -0.667. The monoisotopic (exact) mass is 287 g/mol. The first-order chi connectivity index (χ1) is 10.1. The van der Waals surface area contributed by atoms with Crippen LogP contribution in [-0.2, 0) is 11.3 Å². The Kier molecular flexibility index (Phi) is 4.45. The molecule has 7 nitrogen and oxygen atoms in total. The largest absolute Gasteiger partial charge is 0.444 e. The first kappa shape index (κ1) is 14.4. The van der Waals surface area contributed by atoms with Crippen molar-refractivity contribution in [1.82, 2.24) is 4.98 Å². The summed E-state index contributed by atoms with van der Waals surface area (Å²) in [6.07, 6.45) is -0.667. The van der Waals surface area contributed by atoms with Crippen molar-refractivity contribution in [2.24, 2.45) is 0 Å². The molecule has 1 aromatic carbocycles. The lowest BCUT2D eigenvalue weighted by molar-refractivity contribution is -0.385. The summed E-state index contributed by atoms with van der Waals surface area (Å²) in [7, 11) is 0. The summed E-state index contributed by atoms with van der Waals surface area (Å²) in [4.78, 5) is 25.7. The average Bonchev–Trinajstić information content (AvgIpc) is 2.46. The molecule has 0 aliphatic carbocycles. The number of anilines is 1. The van der Waals surface area contributed by atoms with Crippen LogP contribution in [0.4, 0.5) is 16.3 Å². The summed E-state index contributed by atoms with van der Waals surface area (Å²) in [5.74, 6) is 0.205. The number of carbonyl (C=O) groups excluding carboxylic acids is 1. The van der Waals surface area contributed by atoms with Gasteiger partial charge in [0.1, 0.15) is 18.1 Å². The standard InChI is InChI=1S/C14H13N3O4/c1-10-12(17(19)20)7-8-13(15-10)16-14(18)21-9-11-5-3-2-4-6-11/h2-8H,9H2,1H3,(H,15,16,18). The molecule has 2 aromatic rings. The normalized spacial score (nSPS) is 9.95. The smallest absolute Gasteiger partial charge is 0.413 e. The number of nitro groups is 1. The molecule has 0 saturated carbocycles. The van der Waals surface area contributed by atoms with Crippen LogP contribution < -0.4 is 5.32 Å². The van der Waals surface area contributed by atoms with Crippen LogP contribution in [0.5, 0.6) is 0 Å². The quantitative estimate of drug-likeness (QED) is 0.689. The van der Waals surface area contributed by atoms with Crippen LogP contribution >= 0.6 is 0 Å². The highest BCUT2D eigenvalue weighted by Crippen LogP contribution is 2.17. The van der Waals surface area contributed by atoms with Gasteiger partial charge in [-0.2, -0.15) is 0 Å². The molecule has 21 heavy (non-hydrogen) atoms. The Balaban J connectivity index is 1.94. The fourth-order valence-corrected chi connectivity index (χ4v) is 1.68. The first-order valence-corrected chi connectivity index (χ1v) is 6.16. The molecule has 1 N–H and O–H groups in total. The molecule has 0 fully saturated rings. The molecule has 0 aliphatic rings. The molecule has 0 radical (unpaired) electrons. The van der Waals surface area contributed by atoms with Gasteiger partial charge in [0.05, 0.1) is 4.92 Å². The number of hydrogen-bond donors (Lipinski definition) is 1. The number of benzene rings is 1. The van der Waals surface area contributed by atoms with E-state index in [9.17, 15) is 14.9 Å². The summed E-state index contributed by atoms with van der Waals surface area (Å²) < 4.78 is 5.03. The highest BCUT2D eigenvalue weighted by molar-refractivity contribution is 5.83. The third kappa shape index (κ3) is 4.00. The zero-order valence-electron chi connectivity index (χ0n) is 11.3. The van der Waals surface area contributed by atoms with E-state index in [1.165, 1.54) is 19.1 Å². The molecule has 2 rings (SSSR count). The Hall–Kier alpha value is -2.96. The topological polar surface area (TPSA) is 94.4 Å². The van der Waals surface area contributed by atoms with Gasteiger partial charge in [-0.3, -0.25) is 15.4 Å². The number of carbonyl (C=O) groups is 1. The van der Waals surface area contributed by atoms with Crippen LogP contribution in [0.15, 0.2) is 42.5 Å². The molecule has 0 bridgehead atoms. The van der Waals surface area contributed by atoms with Crippen molar-refractivity contribution < 1.29 is 14.5 Å². The van der Waals surface area contributed by atoms with E-state index in [0.29, 0.717) is 0 Å². The van der Waals surface area contributed by atoms with Crippen LogP contribution in [0.2, 0.25) is 0 Å². The zero-order valence-corrected chi connectivity index (χ0v) is 11.3. The Labute approximate surface area is 120 Å². The van der Waals surface area contributed by atoms with Crippen molar-refractivity contribution in [3.63, 3.8) is 0 Å². The second-order valence-electron chi connectivity index (χ2n) is 4.24. The lowest BCUT2D eigenvalue weighted by Crippen LogP contribution is -2.14. The van der Waals surface area contributed by atoms with Gasteiger partial charge in [-0.05, 0) is 18.6 Å². The average molecular weight is 287 g/mol. The minimum Gasteiger partial charge on any atom is -0.444 e. The molecule has 108 valence electrons. The zero-order chi connectivity index (χ0) is 15.2. The lowest BCUT2D eigenvalue weighted by Gasteiger charge is -2.07. The fourth-order valence-electron chi connectivity index (χ4n) is 1.68. The van der Waals surface area contributed by atoms with Crippen molar-refractivity contribution >= 4 is 17.6 Å². The highest BCUT2D eigenvalue weighted by atomic mass is 16.6. The van der Waals surface area contributed by atoms with E-state index in [0.717, 1.165) is 5.56 Å². The van der Waals surface area contributed by atoms with Gasteiger partial charge in [-0.1, -0.05) is 30.3 Å². The molecule has 0 atom stereocenters. The maximum atomic E-state index is 11.6. The van der Waals surface area contributed by atoms with Crippen molar-refractivity contribution in [2.75, 3.05) is 5.32 Å². The summed E-state index contributed by atoms with van der Waals surface area (Å²) in [5, 5.41) is 13.1. The predicted molar refractivity (Wildman–Crippen MR) is 75.9 cm³/mol. The second-order valence-corrected chi connectivity index (χ2v) is 4.24. The molecule has 0 saturated heterocycles. The third-order valence-electron chi connectivity index (χ3n) is 2.70. The first-order valence-electron chi connectivity index (χ1n) is 6.16. The molecular weight excluding hydrogens is 274 g/mol. The lowest BCUT2D eigenvalue weighted by atomic mass is 10.2. The maximum Gasteiger partial charge on any atom is 0.413 e. The second kappa shape index (κ2) is 6.47. The highest BCUT2D eigenvalue weighted by Gasteiger charge is 2.13. The third-order valence-corrected chi connectivity index (χ3v) is 2.70. The van der Waals surface area contributed by atoms with E-state index in [-0.39, 0.29) is 23.8 Å². The van der Waals surface area contributed by atoms with Crippen LogP contribution in [-0.4, -0.2) is 16.0 Å². The van der Waals surface area contributed by atoms with Gasteiger partial charge >= 0.3 is 6.09 Å². The van der Waals surface area contributed by atoms with E-state index < -0.39 is 11.0 Å². The summed E-state index contributed by atoms with van der Waals surface area (Å²) in [6.45, 7) is 1.64. The number of pyridine rings is 1. The molecule has 0 aliphatic heterocycles. The maximum absolute atomic E-state index is 11.6. The SMILES string of the molecule is Cc1nc(NC(=O)OCc2ccccc2)ccc1[N+](=O)[O-]. The Morgan fingerprint density at radius 2 is 2.00 bits per heavy atom. The van der Waals surface area contributed by atoms with Gasteiger partial charge in [0.2, 0.25) is 0 Å².